The quantitative estimate of drug-likeness (QED) is 0.293. The van der Waals surface area contributed by atoms with Crippen LogP contribution in [0, 0.1) is 12.8 Å². The predicted molar refractivity (Wildman–Crippen MR) is 142 cm³/mol. The van der Waals surface area contributed by atoms with Crippen LogP contribution in [0.3, 0.4) is 0 Å². The predicted octanol–water partition coefficient (Wildman–Crippen LogP) is 3.70. The van der Waals surface area contributed by atoms with Gasteiger partial charge in [-0.1, -0.05) is 38.3 Å². The molecule has 0 radical (unpaired) electrons. The number of aromatic nitrogens is 2. The molecule has 34 heavy (non-hydrogen) atoms. The van der Waals surface area contributed by atoms with Gasteiger partial charge in [-0.25, -0.2) is 20.0 Å². The molecule has 3 rings (SSSR count). The van der Waals surface area contributed by atoms with Crippen molar-refractivity contribution in [2.24, 2.45) is 16.6 Å². The molecule has 0 aliphatic heterocycles. The Balaban J connectivity index is 0.00000289. The number of hydrogen-bond acceptors (Lipinski definition) is 6. The molecule has 1 aliphatic carbocycles. The summed E-state index contributed by atoms with van der Waals surface area (Å²) >= 11 is 0. The second kappa shape index (κ2) is 13.5. The number of benzene rings is 1. The van der Waals surface area contributed by atoms with Gasteiger partial charge in [-0.15, -0.1) is 24.8 Å². The van der Waals surface area contributed by atoms with Crippen LogP contribution in [0.5, 0.6) is 0 Å². The van der Waals surface area contributed by atoms with Crippen LogP contribution in [0.2, 0.25) is 0 Å². The highest BCUT2D eigenvalue weighted by atomic mass is 35.5. The lowest BCUT2D eigenvalue weighted by molar-refractivity contribution is -0.0435. The van der Waals surface area contributed by atoms with Gasteiger partial charge in [0.05, 0.1) is 24.7 Å². The lowest BCUT2D eigenvalue weighted by Gasteiger charge is -2.31. The molecule has 2 aromatic rings. The van der Waals surface area contributed by atoms with Gasteiger partial charge >= 0.3 is 0 Å². The van der Waals surface area contributed by atoms with Gasteiger partial charge in [0.2, 0.25) is 11.8 Å². The van der Waals surface area contributed by atoms with Crippen molar-refractivity contribution in [3.05, 3.63) is 29.6 Å². The summed E-state index contributed by atoms with van der Waals surface area (Å²) in [5.41, 5.74) is 7.93. The molecule has 0 spiro atoms. The van der Waals surface area contributed by atoms with Crippen molar-refractivity contribution in [1.82, 2.24) is 20.3 Å². The molecule has 9 nitrogen and oxygen atoms in total. The van der Waals surface area contributed by atoms with Crippen molar-refractivity contribution in [3.63, 3.8) is 0 Å². The number of carbonyl (C=O) groups excluding carboxylic acids is 1. The van der Waals surface area contributed by atoms with Gasteiger partial charge < -0.3 is 16.4 Å². The van der Waals surface area contributed by atoms with Crippen molar-refractivity contribution in [3.8, 4) is 0 Å². The fourth-order valence-electron chi connectivity index (χ4n) is 3.78. The number of nitrogens with two attached hydrogens (primary N) is 1. The Morgan fingerprint density at radius 2 is 1.97 bits per heavy atom. The molecular weight excluding hydrogens is 477 g/mol. The summed E-state index contributed by atoms with van der Waals surface area (Å²) in [6.07, 6.45) is 4.03. The SMILES string of the molecule is CON(C)C(N)=N[C@@H]1CCCC[C@@H]1Nc1nc(C(=O)NCC(C)C)nc2ccc(C)cc12.Cl.Cl. The molecule has 4 N–H and O–H groups in total. The average molecular weight is 515 g/mol. The number of aliphatic imine (C=N–C) groups is 1. The van der Waals surface area contributed by atoms with Crippen molar-refractivity contribution in [2.75, 3.05) is 26.0 Å². The molecule has 0 unspecified atom stereocenters. The summed E-state index contributed by atoms with van der Waals surface area (Å²) in [7, 11) is 3.28. The standard InChI is InChI=1S/C23H35N7O2.2ClH/c1-14(2)13-25-22(31)21-26-17-11-10-15(3)12-16(17)20(29-21)27-18-8-6-7-9-19(18)28-23(24)30(4)32-5;;/h10-12,14,18-19H,6-9,13H2,1-5H3,(H2,24,28)(H,25,31)(H,26,27,29);2*1H/t18-,19+;;/m0../s1. The Hall–Kier alpha value is -2.36. The first-order chi connectivity index (χ1) is 15.3. The average Bonchev–Trinajstić information content (AvgIpc) is 2.78. The van der Waals surface area contributed by atoms with Gasteiger partial charge in [-0.2, -0.15) is 0 Å². The minimum Gasteiger partial charge on any atom is -0.368 e. The zero-order chi connectivity index (χ0) is 23.3. The smallest absolute Gasteiger partial charge is 0.289 e. The number of anilines is 1. The zero-order valence-corrected chi connectivity index (χ0v) is 22.1. The van der Waals surface area contributed by atoms with Crippen LogP contribution in [-0.4, -0.2) is 59.7 Å². The zero-order valence-electron chi connectivity index (χ0n) is 20.5. The number of rotatable bonds is 7. The van der Waals surface area contributed by atoms with Crippen LogP contribution in [0.25, 0.3) is 10.9 Å². The maximum absolute atomic E-state index is 12.7. The van der Waals surface area contributed by atoms with E-state index in [9.17, 15) is 4.79 Å². The second-order valence-corrected chi connectivity index (χ2v) is 8.79. The molecule has 1 amide bonds. The number of carbonyl (C=O) groups is 1. The summed E-state index contributed by atoms with van der Waals surface area (Å²) in [6.45, 7) is 6.70. The van der Waals surface area contributed by atoms with Crippen molar-refractivity contribution >= 4 is 53.4 Å². The molecule has 1 heterocycles. The number of nitrogens with one attached hydrogen (secondary N) is 2. The van der Waals surface area contributed by atoms with Crippen LogP contribution in [0.1, 0.15) is 55.7 Å². The Kier molecular flexibility index (Phi) is 11.8. The summed E-state index contributed by atoms with van der Waals surface area (Å²) in [5, 5.41) is 8.82. The van der Waals surface area contributed by atoms with E-state index in [-0.39, 0.29) is 48.6 Å². The van der Waals surface area contributed by atoms with Crippen LogP contribution in [0.4, 0.5) is 5.82 Å². The molecule has 1 aliphatic rings. The number of guanidine groups is 1. The van der Waals surface area contributed by atoms with Gasteiger partial charge in [0.25, 0.3) is 5.91 Å². The molecule has 0 bridgehead atoms. The van der Waals surface area contributed by atoms with E-state index in [1.807, 2.05) is 39.0 Å². The summed E-state index contributed by atoms with van der Waals surface area (Å²) < 4.78 is 0. The lowest BCUT2D eigenvalue weighted by atomic mass is 9.90. The fraction of sp³-hybridized carbons (Fsp3) is 0.565. The molecule has 11 heteroatoms. The van der Waals surface area contributed by atoms with Crippen molar-refractivity contribution < 1.29 is 9.63 Å². The van der Waals surface area contributed by atoms with Gasteiger partial charge in [0.1, 0.15) is 5.82 Å². The topological polar surface area (TPSA) is 118 Å². The molecule has 190 valence electrons. The first-order valence-corrected chi connectivity index (χ1v) is 11.2. The number of fused-ring (bicyclic) bond motifs is 1. The molecular formula is C23H37Cl2N7O2. The first kappa shape index (κ1) is 29.7. The van der Waals surface area contributed by atoms with E-state index >= 15 is 0 Å². The highest BCUT2D eigenvalue weighted by molar-refractivity contribution is 5.96. The minimum absolute atomic E-state index is 0. The molecule has 1 saturated carbocycles. The number of hydrogen-bond donors (Lipinski definition) is 3. The number of halogens is 2. The van der Waals surface area contributed by atoms with Crippen LogP contribution in [0.15, 0.2) is 23.2 Å². The summed E-state index contributed by atoms with van der Waals surface area (Å²) in [5.74, 6) is 1.23. The summed E-state index contributed by atoms with van der Waals surface area (Å²) in [4.78, 5) is 31.7. The highest BCUT2D eigenvalue weighted by Gasteiger charge is 2.27. The maximum Gasteiger partial charge on any atom is 0.289 e. The lowest BCUT2D eigenvalue weighted by Crippen LogP contribution is -2.40. The Bertz CT molecular complexity index is 987. The van der Waals surface area contributed by atoms with Crippen LogP contribution < -0.4 is 16.4 Å². The molecule has 0 saturated heterocycles. The van der Waals surface area contributed by atoms with Gasteiger partial charge in [0, 0.05) is 19.0 Å². The van der Waals surface area contributed by atoms with E-state index in [0.29, 0.717) is 24.2 Å². The van der Waals surface area contributed by atoms with Gasteiger partial charge in [-0.05, 0) is 37.8 Å². The Morgan fingerprint density at radius 1 is 1.26 bits per heavy atom. The van der Waals surface area contributed by atoms with E-state index in [0.717, 1.165) is 42.1 Å². The van der Waals surface area contributed by atoms with Gasteiger partial charge in [-0.3, -0.25) is 9.63 Å². The normalized spacial score (nSPS) is 18.1. The summed E-state index contributed by atoms with van der Waals surface area (Å²) in [6, 6.07) is 5.98. The third-order valence-corrected chi connectivity index (χ3v) is 5.67. The number of nitrogens with zero attached hydrogens (tertiary/aromatic N) is 4. The maximum atomic E-state index is 12.7. The second-order valence-electron chi connectivity index (χ2n) is 8.79. The first-order valence-electron chi connectivity index (χ1n) is 11.2. The van der Waals surface area contributed by atoms with Crippen molar-refractivity contribution in [2.45, 2.75) is 58.5 Å². The highest BCUT2D eigenvalue weighted by Crippen LogP contribution is 2.28. The third kappa shape index (κ3) is 7.58. The minimum atomic E-state index is -0.270. The monoisotopic (exact) mass is 513 g/mol. The molecule has 1 fully saturated rings. The van der Waals surface area contributed by atoms with Gasteiger partial charge in [0.15, 0.2) is 0 Å². The number of amides is 1. The fourth-order valence-corrected chi connectivity index (χ4v) is 3.78. The Labute approximate surface area is 214 Å². The molecule has 1 aromatic heterocycles. The Morgan fingerprint density at radius 3 is 2.65 bits per heavy atom. The van der Waals surface area contributed by atoms with Crippen LogP contribution >= 0.6 is 24.8 Å². The van der Waals surface area contributed by atoms with E-state index in [4.69, 9.17) is 15.6 Å². The molecule has 1 aromatic carbocycles. The number of aryl methyl sites for hydroxylation is 1. The third-order valence-electron chi connectivity index (χ3n) is 5.67. The largest absolute Gasteiger partial charge is 0.368 e. The number of hydroxylamine groups is 2. The van der Waals surface area contributed by atoms with E-state index in [1.165, 1.54) is 5.06 Å². The van der Waals surface area contributed by atoms with Crippen LogP contribution in [-0.2, 0) is 4.84 Å². The molecule has 2 atom stereocenters. The van der Waals surface area contributed by atoms with Crippen molar-refractivity contribution in [1.29, 1.82) is 0 Å². The van der Waals surface area contributed by atoms with E-state index in [1.54, 1.807) is 14.2 Å². The van der Waals surface area contributed by atoms with E-state index in [2.05, 4.69) is 20.6 Å². The van der Waals surface area contributed by atoms with E-state index < -0.39 is 0 Å².